The van der Waals surface area contributed by atoms with Gasteiger partial charge >= 0.3 is 5.97 Å². The molecule has 1 N–H and O–H groups in total. The number of likely N-dealkylation sites (tertiary alicyclic amines) is 1. The van der Waals surface area contributed by atoms with Crippen molar-refractivity contribution in [2.75, 3.05) is 25.1 Å². The number of hydrogen-bond acceptors (Lipinski definition) is 3. The fourth-order valence-electron chi connectivity index (χ4n) is 1.96. The highest BCUT2D eigenvalue weighted by atomic mass is 32.2. The van der Waals surface area contributed by atoms with E-state index in [4.69, 9.17) is 5.11 Å². The zero-order valence-electron chi connectivity index (χ0n) is 10.0. The number of carbonyl (C=O) groups is 2. The summed E-state index contributed by atoms with van der Waals surface area (Å²) < 4.78 is 0. The van der Waals surface area contributed by atoms with Gasteiger partial charge in [0.25, 0.3) is 0 Å². The third kappa shape index (κ3) is 2.70. The molecule has 92 valence electrons. The number of aliphatic carboxylic acids is 1. The van der Waals surface area contributed by atoms with E-state index in [1.54, 1.807) is 23.6 Å². The van der Waals surface area contributed by atoms with E-state index in [9.17, 15) is 9.59 Å². The number of nitrogens with zero attached hydrogens (tertiary/aromatic N) is 1. The maximum atomic E-state index is 12.0. The van der Waals surface area contributed by atoms with E-state index in [1.165, 1.54) is 0 Å². The van der Waals surface area contributed by atoms with Gasteiger partial charge in [-0.05, 0) is 19.6 Å². The number of rotatable bonds is 4. The summed E-state index contributed by atoms with van der Waals surface area (Å²) in [6.45, 7) is 4.53. The van der Waals surface area contributed by atoms with Gasteiger partial charge in [0.15, 0.2) is 0 Å². The van der Waals surface area contributed by atoms with Crippen LogP contribution in [0.1, 0.15) is 20.3 Å². The number of carbonyl (C=O) groups excluding carboxylic acids is 1. The minimum atomic E-state index is -0.805. The largest absolute Gasteiger partial charge is 0.481 e. The summed E-state index contributed by atoms with van der Waals surface area (Å²) in [5.41, 5.74) is -0.755. The molecule has 1 aliphatic rings. The minimum Gasteiger partial charge on any atom is -0.481 e. The third-order valence-corrected chi connectivity index (χ3v) is 3.97. The van der Waals surface area contributed by atoms with Crippen LogP contribution in [0.5, 0.6) is 0 Å². The number of amides is 1. The minimum absolute atomic E-state index is 0.0221. The molecule has 2 atom stereocenters. The first-order valence-electron chi connectivity index (χ1n) is 5.42. The van der Waals surface area contributed by atoms with Crippen LogP contribution in [-0.2, 0) is 9.59 Å². The van der Waals surface area contributed by atoms with Crippen LogP contribution in [0.25, 0.3) is 0 Å². The Morgan fingerprint density at radius 2 is 2.19 bits per heavy atom. The third-order valence-electron chi connectivity index (χ3n) is 3.14. The first kappa shape index (κ1) is 13.4. The number of thioether (sulfide) groups is 1. The van der Waals surface area contributed by atoms with Gasteiger partial charge in [-0.3, -0.25) is 9.59 Å². The summed E-state index contributed by atoms with van der Waals surface area (Å²) in [4.78, 5) is 24.7. The average Bonchev–Trinajstić information content (AvgIpc) is 2.61. The van der Waals surface area contributed by atoms with Crippen molar-refractivity contribution in [2.24, 2.45) is 11.3 Å². The molecule has 16 heavy (non-hydrogen) atoms. The predicted octanol–water partition coefficient (Wildman–Crippen LogP) is 1.31. The zero-order chi connectivity index (χ0) is 12.3. The molecule has 1 fully saturated rings. The quantitative estimate of drug-likeness (QED) is 0.811. The molecule has 1 rings (SSSR count). The van der Waals surface area contributed by atoms with Gasteiger partial charge in [-0.1, -0.05) is 6.92 Å². The lowest BCUT2D eigenvalue weighted by Crippen LogP contribution is -2.37. The Kier molecular flexibility index (Phi) is 4.24. The molecule has 0 radical (unpaired) electrons. The molecule has 5 heteroatoms. The van der Waals surface area contributed by atoms with Gasteiger partial charge in [0.1, 0.15) is 0 Å². The van der Waals surface area contributed by atoms with Crippen molar-refractivity contribution in [1.29, 1.82) is 0 Å². The summed E-state index contributed by atoms with van der Waals surface area (Å²) in [5.74, 6) is 0.0462. The second-order valence-electron chi connectivity index (χ2n) is 4.73. The molecule has 0 saturated carbocycles. The summed E-state index contributed by atoms with van der Waals surface area (Å²) in [5, 5.41) is 9.07. The van der Waals surface area contributed by atoms with Crippen molar-refractivity contribution in [2.45, 2.75) is 20.3 Å². The van der Waals surface area contributed by atoms with E-state index in [0.717, 1.165) is 5.75 Å². The van der Waals surface area contributed by atoms with E-state index in [0.29, 0.717) is 19.5 Å². The molecule has 2 unspecified atom stereocenters. The fraction of sp³-hybridized carbons (Fsp3) is 0.818. The van der Waals surface area contributed by atoms with E-state index in [-0.39, 0.29) is 11.8 Å². The molecule has 1 aliphatic heterocycles. The lowest BCUT2D eigenvalue weighted by molar-refractivity contribution is -0.147. The molecule has 0 aromatic rings. The first-order valence-corrected chi connectivity index (χ1v) is 6.81. The summed E-state index contributed by atoms with van der Waals surface area (Å²) >= 11 is 1.64. The Bertz CT molecular complexity index is 295. The number of carboxylic acid groups (broad SMARTS) is 1. The van der Waals surface area contributed by atoms with Crippen molar-refractivity contribution in [3.63, 3.8) is 0 Å². The maximum absolute atomic E-state index is 12.0. The highest BCUT2D eigenvalue weighted by molar-refractivity contribution is 7.98. The zero-order valence-corrected chi connectivity index (χ0v) is 10.8. The second-order valence-corrected chi connectivity index (χ2v) is 5.64. The summed E-state index contributed by atoms with van der Waals surface area (Å²) in [6, 6.07) is 0. The lowest BCUT2D eigenvalue weighted by atomic mass is 9.90. The van der Waals surface area contributed by atoms with E-state index >= 15 is 0 Å². The van der Waals surface area contributed by atoms with E-state index < -0.39 is 11.4 Å². The lowest BCUT2D eigenvalue weighted by Gasteiger charge is -2.22. The fourth-order valence-corrected chi connectivity index (χ4v) is 2.60. The molecule has 0 spiro atoms. The van der Waals surface area contributed by atoms with Crippen LogP contribution in [0.4, 0.5) is 0 Å². The average molecular weight is 245 g/mol. The van der Waals surface area contributed by atoms with Crippen molar-refractivity contribution < 1.29 is 14.7 Å². The predicted molar refractivity (Wildman–Crippen MR) is 64.5 cm³/mol. The van der Waals surface area contributed by atoms with Crippen LogP contribution in [0, 0.1) is 11.3 Å². The topological polar surface area (TPSA) is 57.6 Å². The molecule has 0 aromatic heterocycles. The van der Waals surface area contributed by atoms with Crippen LogP contribution >= 0.6 is 11.8 Å². The molecular formula is C11H19NO3S. The van der Waals surface area contributed by atoms with E-state index in [1.807, 2.05) is 13.2 Å². The Hall–Kier alpha value is -0.710. The molecule has 0 aromatic carbocycles. The van der Waals surface area contributed by atoms with Crippen LogP contribution < -0.4 is 0 Å². The second kappa shape index (κ2) is 5.08. The Morgan fingerprint density at radius 3 is 2.62 bits per heavy atom. The number of carboxylic acids is 1. The van der Waals surface area contributed by atoms with Crippen molar-refractivity contribution >= 4 is 23.6 Å². The van der Waals surface area contributed by atoms with Crippen molar-refractivity contribution in [3.8, 4) is 0 Å². The summed E-state index contributed by atoms with van der Waals surface area (Å²) in [7, 11) is 0. The molecule has 1 amide bonds. The van der Waals surface area contributed by atoms with Crippen molar-refractivity contribution in [1.82, 2.24) is 4.90 Å². The molecule has 1 heterocycles. The van der Waals surface area contributed by atoms with Gasteiger partial charge in [-0.15, -0.1) is 0 Å². The molecule has 1 saturated heterocycles. The monoisotopic (exact) mass is 245 g/mol. The Morgan fingerprint density at radius 1 is 1.56 bits per heavy atom. The van der Waals surface area contributed by atoms with Crippen molar-refractivity contribution in [3.05, 3.63) is 0 Å². The first-order chi connectivity index (χ1) is 7.40. The van der Waals surface area contributed by atoms with Gasteiger partial charge in [0, 0.05) is 24.8 Å². The van der Waals surface area contributed by atoms with Crippen LogP contribution in [0.15, 0.2) is 0 Å². The highest BCUT2D eigenvalue weighted by Gasteiger charge is 2.42. The Balaban J connectivity index is 2.59. The van der Waals surface area contributed by atoms with Gasteiger partial charge < -0.3 is 10.0 Å². The normalized spacial score (nSPS) is 26.8. The van der Waals surface area contributed by atoms with Crippen LogP contribution in [0.2, 0.25) is 0 Å². The van der Waals surface area contributed by atoms with Crippen LogP contribution in [-0.4, -0.2) is 47.0 Å². The van der Waals surface area contributed by atoms with Gasteiger partial charge in [-0.25, -0.2) is 0 Å². The maximum Gasteiger partial charge on any atom is 0.311 e. The van der Waals surface area contributed by atoms with Crippen LogP contribution in [0.3, 0.4) is 0 Å². The Labute approximate surface area is 100 Å². The van der Waals surface area contributed by atoms with Gasteiger partial charge in [0.2, 0.25) is 5.91 Å². The van der Waals surface area contributed by atoms with Gasteiger partial charge in [0.05, 0.1) is 5.41 Å². The van der Waals surface area contributed by atoms with Gasteiger partial charge in [-0.2, -0.15) is 11.8 Å². The molecular weight excluding hydrogens is 226 g/mol. The standard InChI is InChI=1S/C11H19NO3S/c1-8(6-16-3)9(13)12-5-4-11(2,7-12)10(14)15/h8H,4-7H2,1-3H3,(H,14,15). The molecule has 0 aliphatic carbocycles. The molecule has 0 bridgehead atoms. The highest BCUT2D eigenvalue weighted by Crippen LogP contribution is 2.31. The van der Waals surface area contributed by atoms with E-state index in [2.05, 4.69) is 0 Å². The number of hydrogen-bond donors (Lipinski definition) is 1. The molecule has 4 nitrogen and oxygen atoms in total. The SMILES string of the molecule is CSCC(C)C(=O)N1CCC(C)(C(=O)O)C1. The summed E-state index contributed by atoms with van der Waals surface area (Å²) in [6.07, 6.45) is 2.52. The smallest absolute Gasteiger partial charge is 0.311 e.